The molecule has 34 heavy (non-hydrogen) atoms. The maximum absolute atomic E-state index is 13.6. The van der Waals surface area contributed by atoms with Gasteiger partial charge in [-0.15, -0.1) is 0 Å². The van der Waals surface area contributed by atoms with E-state index in [9.17, 15) is 14.0 Å². The Bertz CT molecular complexity index is 1030. The van der Waals surface area contributed by atoms with E-state index in [1.807, 2.05) is 30.0 Å². The normalized spacial score (nSPS) is 18.0. The third-order valence-electron chi connectivity index (χ3n) is 7.09. The number of amides is 2. The van der Waals surface area contributed by atoms with Crippen molar-refractivity contribution in [2.24, 2.45) is 5.41 Å². The molecule has 0 aliphatic carbocycles. The summed E-state index contributed by atoms with van der Waals surface area (Å²) in [6.07, 6.45) is 4.98. The van der Waals surface area contributed by atoms with Gasteiger partial charge in [-0.25, -0.2) is 4.39 Å². The van der Waals surface area contributed by atoms with Crippen molar-refractivity contribution in [1.82, 2.24) is 9.80 Å². The molecule has 0 atom stereocenters. The minimum absolute atomic E-state index is 0.167. The van der Waals surface area contributed by atoms with Gasteiger partial charge in [-0.1, -0.05) is 17.7 Å². The molecular weight excluding hydrogens is 455 g/mol. The summed E-state index contributed by atoms with van der Waals surface area (Å²) >= 11 is 6.15. The SMILES string of the molecule is Cc1cc(OCC2(CC(=O)N3CCCCC3)CCN(C(=O)c3cccc(F)c3)CC2)ccc1Cl. The molecule has 0 aromatic heterocycles. The first kappa shape index (κ1) is 24.5. The van der Waals surface area contributed by atoms with Gasteiger partial charge in [0.05, 0.1) is 6.61 Å². The third-order valence-corrected chi connectivity index (χ3v) is 7.52. The molecule has 2 saturated heterocycles. The molecule has 0 unspecified atom stereocenters. The number of halogens is 2. The number of carbonyl (C=O) groups is 2. The molecule has 2 aliphatic heterocycles. The van der Waals surface area contributed by atoms with Gasteiger partial charge in [-0.2, -0.15) is 0 Å². The van der Waals surface area contributed by atoms with Crippen LogP contribution in [0, 0.1) is 18.2 Å². The Balaban J connectivity index is 1.46. The number of rotatable bonds is 6. The summed E-state index contributed by atoms with van der Waals surface area (Å²) in [7, 11) is 0. The number of carbonyl (C=O) groups excluding carboxylic acids is 2. The van der Waals surface area contributed by atoms with Gasteiger partial charge in [0, 0.05) is 48.6 Å². The number of aryl methyl sites for hydroxylation is 1. The van der Waals surface area contributed by atoms with Crippen LogP contribution in [-0.2, 0) is 4.79 Å². The lowest BCUT2D eigenvalue weighted by molar-refractivity contribution is -0.136. The van der Waals surface area contributed by atoms with Crippen LogP contribution in [0.15, 0.2) is 42.5 Å². The molecule has 2 heterocycles. The van der Waals surface area contributed by atoms with Gasteiger partial charge < -0.3 is 14.5 Å². The lowest BCUT2D eigenvalue weighted by Gasteiger charge is -2.42. The topological polar surface area (TPSA) is 49.9 Å². The number of likely N-dealkylation sites (tertiary alicyclic amines) is 2. The highest BCUT2D eigenvalue weighted by molar-refractivity contribution is 6.31. The van der Waals surface area contributed by atoms with E-state index >= 15 is 0 Å². The van der Waals surface area contributed by atoms with Gasteiger partial charge >= 0.3 is 0 Å². The van der Waals surface area contributed by atoms with E-state index < -0.39 is 5.82 Å². The van der Waals surface area contributed by atoms with Crippen LogP contribution < -0.4 is 4.74 Å². The molecule has 4 rings (SSSR count). The van der Waals surface area contributed by atoms with Crippen LogP contribution in [0.2, 0.25) is 5.02 Å². The van der Waals surface area contributed by atoms with Gasteiger partial charge in [-0.05, 0) is 81.0 Å². The Hall–Kier alpha value is -2.60. The second-order valence-corrected chi connectivity index (χ2v) is 10.0. The van der Waals surface area contributed by atoms with Crippen molar-refractivity contribution in [2.45, 2.75) is 45.4 Å². The number of benzene rings is 2. The molecule has 0 N–H and O–H groups in total. The van der Waals surface area contributed by atoms with Crippen LogP contribution in [0.1, 0.15) is 54.4 Å². The molecule has 2 aromatic carbocycles. The zero-order valence-corrected chi connectivity index (χ0v) is 20.5. The number of piperidine rings is 2. The van der Waals surface area contributed by atoms with Crippen molar-refractivity contribution in [2.75, 3.05) is 32.8 Å². The molecule has 0 saturated carbocycles. The van der Waals surface area contributed by atoms with E-state index in [-0.39, 0.29) is 17.2 Å². The molecule has 182 valence electrons. The minimum atomic E-state index is -0.420. The molecule has 0 bridgehead atoms. The lowest BCUT2D eigenvalue weighted by Crippen LogP contribution is -2.48. The summed E-state index contributed by atoms with van der Waals surface area (Å²) < 4.78 is 19.8. The second kappa shape index (κ2) is 10.8. The lowest BCUT2D eigenvalue weighted by atomic mass is 9.75. The molecule has 0 spiro atoms. The van der Waals surface area contributed by atoms with Gasteiger partial charge in [0.1, 0.15) is 11.6 Å². The third kappa shape index (κ3) is 5.90. The average Bonchev–Trinajstić information content (AvgIpc) is 2.85. The first-order valence-corrected chi connectivity index (χ1v) is 12.4. The van der Waals surface area contributed by atoms with Crippen LogP contribution in [0.3, 0.4) is 0 Å². The highest BCUT2D eigenvalue weighted by atomic mass is 35.5. The van der Waals surface area contributed by atoms with Crippen molar-refractivity contribution in [3.05, 3.63) is 64.4 Å². The zero-order valence-electron chi connectivity index (χ0n) is 19.7. The van der Waals surface area contributed by atoms with Crippen molar-refractivity contribution < 1.29 is 18.7 Å². The van der Waals surface area contributed by atoms with E-state index in [0.717, 1.165) is 37.2 Å². The Morgan fingerprint density at radius 1 is 1.00 bits per heavy atom. The standard InChI is InChI=1S/C27H32ClFN2O3/c1-20-16-23(8-9-24(20)28)34-19-27(18-25(32)30-12-3-2-4-13-30)10-14-31(15-11-27)26(33)21-6-5-7-22(29)17-21/h5-9,16-17H,2-4,10-15,18-19H2,1H3. The fourth-order valence-electron chi connectivity index (χ4n) is 4.88. The van der Waals surface area contributed by atoms with Gasteiger partial charge in [0.25, 0.3) is 5.91 Å². The predicted octanol–water partition coefficient (Wildman–Crippen LogP) is 5.49. The zero-order chi connectivity index (χ0) is 24.1. The van der Waals surface area contributed by atoms with E-state index in [4.69, 9.17) is 16.3 Å². The molecule has 2 fully saturated rings. The van der Waals surface area contributed by atoms with Crippen LogP contribution in [0.25, 0.3) is 0 Å². The molecule has 2 amide bonds. The molecule has 7 heteroatoms. The van der Waals surface area contributed by atoms with Crippen molar-refractivity contribution in [3.63, 3.8) is 0 Å². The Morgan fingerprint density at radius 3 is 2.41 bits per heavy atom. The Labute approximate surface area is 205 Å². The molecule has 5 nitrogen and oxygen atoms in total. The number of ether oxygens (including phenoxy) is 1. The van der Waals surface area contributed by atoms with Crippen LogP contribution in [0.4, 0.5) is 4.39 Å². The Kier molecular flexibility index (Phi) is 7.77. The molecular formula is C27H32ClFN2O3. The minimum Gasteiger partial charge on any atom is -0.493 e. The summed E-state index contributed by atoms with van der Waals surface area (Å²) in [4.78, 5) is 29.8. The second-order valence-electron chi connectivity index (χ2n) is 9.62. The quantitative estimate of drug-likeness (QED) is 0.542. The monoisotopic (exact) mass is 486 g/mol. The summed E-state index contributed by atoms with van der Waals surface area (Å²) in [5.41, 5.74) is 0.929. The first-order valence-electron chi connectivity index (χ1n) is 12.1. The van der Waals surface area contributed by atoms with E-state index in [0.29, 0.717) is 49.5 Å². The maximum atomic E-state index is 13.6. The highest BCUT2D eigenvalue weighted by Gasteiger charge is 2.40. The van der Waals surface area contributed by atoms with E-state index in [2.05, 4.69) is 0 Å². The summed E-state index contributed by atoms with van der Waals surface area (Å²) in [5, 5.41) is 0.687. The number of hydrogen-bond acceptors (Lipinski definition) is 3. The van der Waals surface area contributed by atoms with Crippen LogP contribution >= 0.6 is 11.6 Å². The van der Waals surface area contributed by atoms with Gasteiger partial charge in [0.2, 0.25) is 5.91 Å². The van der Waals surface area contributed by atoms with Crippen LogP contribution in [-0.4, -0.2) is 54.4 Å². The maximum Gasteiger partial charge on any atom is 0.253 e. The fourth-order valence-corrected chi connectivity index (χ4v) is 5.00. The molecule has 2 aliphatic rings. The van der Waals surface area contributed by atoms with Crippen molar-refractivity contribution >= 4 is 23.4 Å². The molecule has 0 radical (unpaired) electrons. The van der Waals surface area contributed by atoms with Crippen LogP contribution in [0.5, 0.6) is 5.75 Å². The smallest absolute Gasteiger partial charge is 0.253 e. The average molecular weight is 487 g/mol. The van der Waals surface area contributed by atoms with Crippen molar-refractivity contribution in [3.8, 4) is 5.75 Å². The van der Waals surface area contributed by atoms with E-state index in [1.165, 1.54) is 18.6 Å². The van der Waals surface area contributed by atoms with E-state index in [1.54, 1.807) is 17.0 Å². The fraction of sp³-hybridized carbons (Fsp3) is 0.481. The summed E-state index contributed by atoms with van der Waals surface area (Å²) in [5.74, 6) is 0.297. The number of hydrogen-bond donors (Lipinski definition) is 0. The summed E-state index contributed by atoms with van der Waals surface area (Å²) in [6, 6.07) is 11.4. The highest BCUT2D eigenvalue weighted by Crippen LogP contribution is 2.37. The van der Waals surface area contributed by atoms with Crippen molar-refractivity contribution in [1.29, 1.82) is 0 Å². The number of nitrogens with zero attached hydrogens (tertiary/aromatic N) is 2. The largest absolute Gasteiger partial charge is 0.493 e. The Morgan fingerprint density at radius 2 is 1.74 bits per heavy atom. The van der Waals surface area contributed by atoms with Gasteiger partial charge in [0.15, 0.2) is 0 Å². The summed E-state index contributed by atoms with van der Waals surface area (Å²) in [6.45, 7) is 4.97. The van der Waals surface area contributed by atoms with Gasteiger partial charge in [-0.3, -0.25) is 9.59 Å². The molecule has 2 aromatic rings. The predicted molar refractivity (Wildman–Crippen MR) is 131 cm³/mol. The first-order chi connectivity index (χ1) is 16.3.